The van der Waals surface area contributed by atoms with Crippen LogP contribution in [-0.2, 0) is 9.59 Å². The van der Waals surface area contributed by atoms with Gasteiger partial charge < -0.3 is 5.11 Å². The van der Waals surface area contributed by atoms with E-state index < -0.39 is 5.97 Å². The topological polar surface area (TPSA) is 54.4 Å². The van der Waals surface area contributed by atoms with Crippen LogP contribution in [0.4, 0.5) is 0 Å². The molecule has 0 aliphatic heterocycles. The molecule has 1 N–H and O–H groups in total. The SMILES string of the molecule is C[C@]12CC[C@H]3[C@@H](CC=C4C=C(C(=O)O)CC[C@@]43C)[C@@H]1CC[C@@H]2C(=O)C1CCCCC1. The fraction of sp³-hybridized carbons (Fsp3) is 0.778. The number of carbonyl (C=O) groups excluding carboxylic acids is 1. The average Bonchev–Trinajstić information content (AvgIpc) is 3.10. The van der Waals surface area contributed by atoms with Gasteiger partial charge in [0.05, 0.1) is 0 Å². The molecule has 0 radical (unpaired) electrons. The number of ketones is 1. The molecule has 3 nitrogen and oxygen atoms in total. The zero-order valence-electron chi connectivity index (χ0n) is 18.8. The van der Waals surface area contributed by atoms with E-state index in [9.17, 15) is 14.7 Å². The normalized spacial score (nSPS) is 43.7. The minimum absolute atomic E-state index is 0.120. The molecule has 3 fully saturated rings. The number of carboxylic acids is 1. The van der Waals surface area contributed by atoms with Gasteiger partial charge in [0, 0.05) is 17.4 Å². The molecule has 0 amide bonds. The standard InChI is InChI=1S/C27H38O3/c1-26-14-12-18(25(29)30)16-19(26)8-9-20-21-10-11-23(27(21,2)15-13-22(20)26)24(28)17-6-4-3-5-7-17/h8,16-17,20-23H,3-7,9-15H2,1-2H3,(H,29,30)/t20-,21-,22-,23+,26-,27-/m0/s1. The van der Waals surface area contributed by atoms with E-state index in [-0.39, 0.29) is 16.7 Å². The predicted molar refractivity (Wildman–Crippen MR) is 118 cm³/mol. The Morgan fingerprint density at radius 3 is 2.47 bits per heavy atom. The molecule has 0 aromatic heterocycles. The molecular weight excluding hydrogens is 372 g/mol. The van der Waals surface area contributed by atoms with Gasteiger partial charge in [0.15, 0.2) is 0 Å². The summed E-state index contributed by atoms with van der Waals surface area (Å²) in [5.74, 6) is 2.46. The molecule has 3 heteroatoms. The summed E-state index contributed by atoms with van der Waals surface area (Å²) in [7, 11) is 0. The molecule has 0 aromatic carbocycles. The molecule has 3 saturated carbocycles. The van der Waals surface area contributed by atoms with Gasteiger partial charge in [-0.1, -0.05) is 39.2 Å². The molecule has 0 unspecified atom stereocenters. The smallest absolute Gasteiger partial charge is 0.331 e. The van der Waals surface area contributed by atoms with Crippen LogP contribution in [0.15, 0.2) is 23.3 Å². The number of hydrogen-bond acceptors (Lipinski definition) is 2. The van der Waals surface area contributed by atoms with Gasteiger partial charge in [-0.3, -0.25) is 4.79 Å². The van der Waals surface area contributed by atoms with Crippen molar-refractivity contribution in [3.63, 3.8) is 0 Å². The van der Waals surface area contributed by atoms with Crippen molar-refractivity contribution in [2.24, 2.45) is 40.4 Å². The highest BCUT2D eigenvalue weighted by atomic mass is 16.4. The molecule has 0 spiro atoms. The van der Waals surface area contributed by atoms with Crippen LogP contribution in [0.2, 0.25) is 0 Å². The molecule has 0 heterocycles. The lowest BCUT2D eigenvalue weighted by Crippen LogP contribution is -2.50. The van der Waals surface area contributed by atoms with Crippen LogP contribution in [0.3, 0.4) is 0 Å². The van der Waals surface area contributed by atoms with Gasteiger partial charge in [-0.15, -0.1) is 0 Å². The maximum Gasteiger partial charge on any atom is 0.331 e. The summed E-state index contributed by atoms with van der Waals surface area (Å²) in [6, 6.07) is 0. The highest BCUT2D eigenvalue weighted by molar-refractivity contribution is 5.87. The zero-order chi connectivity index (χ0) is 21.1. The summed E-state index contributed by atoms with van der Waals surface area (Å²) in [6.45, 7) is 4.85. The summed E-state index contributed by atoms with van der Waals surface area (Å²) >= 11 is 0. The van der Waals surface area contributed by atoms with Gasteiger partial charge in [0.1, 0.15) is 5.78 Å². The van der Waals surface area contributed by atoms with Crippen molar-refractivity contribution in [1.82, 2.24) is 0 Å². The molecule has 0 bridgehead atoms. The van der Waals surface area contributed by atoms with Gasteiger partial charge in [0.2, 0.25) is 0 Å². The fourth-order valence-corrected chi connectivity index (χ4v) is 8.63. The first kappa shape index (κ1) is 20.5. The van der Waals surface area contributed by atoms with E-state index in [1.54, 1.807) is 0 Å². The Hall–Kier alpha value is -1.38. The third-order valence-electron chi connectivity index (χ3n) is 10.4. The highest BCUT2D eigenvalue weighted by Crippen LogP contribution is 2.66. The van der Waals surface area contributed by atoms with E-state index in [1.807, 2.05) is 6.08 Å². The second kappa shape index (κ2) is 7.35. The number of carboxylic acid groups (broad SMARTS) is 1. The monoisotopic (exact) mass is 410 g/mol. The van der Waals surface area contributed by atoms with E-state index in [0.29, 0.717) is 41.4 Å². The Bertz CT molecular complexity index is 801. The lowest BCUT2D eigenvalue weighted by molar-refractivity contribution is -0.134. The highest BCUT2D eigenvalue weighted by Gasteiger charge is 2.59. The Morgan fingerprint density at radius 1 is 0.967 bits per heavy atom. The number of carbonyl (C=O) groups is 2. The van der Waals surface area contributed by atoms with Crippen molar-refractivity contribution in [2.45, 2.75) is 90.9 Å². The molecule has 5 aliphatic carbocycles. The minimum Gasteiger partial charge on any atom is -0.478 e. The third-order valence-corrected chi connectivity index (χ3v) is 10.4. The molecule has 6 atom stereocenters. The third kappa shape index (κ3) is 2.98. The van der Waals surface area contributed by atoms with E-state index in [0.717, 1.165) is 32.1 Å². The van der Waals surface area contributed by atoms with Crippen molar-refractivity contribution >= 4 is 11.8 Å². The number of rotatable bonds is 3. The average molecular weight is 411 g/mol. The summed E-state index contributed by atoms with van der Waals surface area (Å²) < 4.78 is 0. The van der Waals surface area contributed by atoms with Crippen LogP contribution < -0.4 is 0 Å². The summed E-state index contributed by atoms with van der Waals surface area (Å²) in [4.78, 5) is 25.0. The fourth-order valence-electron chi connectivity index (χ4n) is 8.63. The van der Waals surface area contributed by atoms with Crippen molar-refractivity contribution in [1.29, 1.82) is 0 Å². The molecule has 5 aliphatic rings. The molecular formula is C27H38O3. The van der Waals surface area contributed by atoms with Gasteiger partial charge in [0.25, 0.3) is 0 Å². The molecule has 5 rings (SSSR count). The van der Waals surface area contributed by atoms with Crippen LogP contribution in [0.5, 0.6) is 0 Å². The molecule has 164 valence electrons. The maximum atomic E-state index is 13.5. The minimum atomic E-state index is -0.754. The zero-order valence-corrected chi connectivity index (χ0v) is 18.8. The Kier molecular flexibility index (Phi) is 5.02. The molecule has 0 aromatic rings. The van der Waals surface area contributed by atoms with E-state index in [1.165, 1.54) is 44.1 Å². The number of hydrogen-bond donors (Lipinski definition) is 1. The first-order chi connectivity index (χ1) is 14.3. The second-order valence-electron chi connectivity index (χ2n) is 11.6. The van der Waals surface area contributed by atoms with Crippen LogP contribution in [-0.4, -0.2) is 16.9 Å². The largest absolute Gasteiger partial charge is 0.478 e. The summed E-state index contributed by atoms with van der Waals surface area (Å²) in [5, 5.41) is 9.46. The van der Waals surface area contributed by atoms with Gasteiger partial charge >= 0.3 is 5.97 Å². The quantitative estimate of drug-likeness (QED) is 0.591. The number of fused-ring (bicyclic) bond motifs is 5. The van der Waals surface area contributed by atoms with Crippen molar-refractivity contribution in [3.8, 4) is 0 Å². The van der Waals surface area contributed by atoms with E-state index in [2.05, 4.69) is 19.9 Å². The number of aliphatic carboxylic acids is 1. The van der Waals surface area contributed by atoms with Crippen molar-refractivity contribution in [3.05, 3.63) is 23.3 Å². The number of Topliss-reactive ketones (excluding diaryl/α,β-unsaturated/α-hetero) is 1. The first-order valence-corrected chi connectivity index (χ1v) is 12.5. The van der Waals surface area contributed by atoms with Crippen molar-refractivity contribution < 1.29 is 14.7 Å². The maximum absolute atomic E-state index is 13.5. The summed E-state index contributed by atoms with van der Waals surface area (Å²) in [5.41, 5.74) is 2.17. The lowest BCUT2D eigenvalue weighted by Gasteiger charge is -2.57. The molecule has 0 saturated heterocycles. The van der Waals surface area contributed by atoms with Crippen LogP contribution in [0.1, 0.15) is 90.9 Å². The van der Waals surface area contributed by atoms with Gasteiger partial charge in [-0.05, 0) is 98.0 Å². The molecule has 30 heavy (non-hydrogen) atoms. The second-order valence-corrected chi connectivity index (χ2v) is 11.6. The van der Waals surface area contributed by atoms with E-state index >= 15 is 0 Å². The Balaban J connectivity index is 1.40. The Morgan fingerprint density at radius 2 is 1.73 bits per heavy atom. The van der Waals surface area contributed by atoms with E-state index in [4.69, 9.17) is 0 Å². The van der Waals surface area contributed by atoms with Gasteiger partial charge in [-0.25, -0.2) is 4.79 Å². The lowest BCUT2D eigenvalue weighted by atomic mass is 9.47. The summed E-state index contributed by atoms with van der Waals surface area (Å²) in [6.07, 6.45) is 17.8. The Labute approximate surface area is 181 Å². The van der Waals surface area contributed by atoms with Crippen LogP contribution in [0, 0.1) is 40.4 Å². The van der Waals surface area contributed by atoms with Gasteiger partial charge in [-0.2, -0.15) is 0 Å². The van der Waals surface area contributed by atoms with Crippen LogP contribution >= 0.6 is 0 Å². The van der Waals surface area contributed by atoms with Crippen LogP contribution in [0.25, 0.3) is 0 Å². The van der Waals surface area contributed by atoms with Crippen molar-refractivity contribution in [2.75, 3.05) is 0 Å². The number of allylic oxidation sites excluding steroid dienone is 3. The first-order valence-electron chi connectivity index (χ1n) is 12.5. The predicted octanol–water partition coefficient (Wildman–Crippen LogP) is 6.34.